The maximum Gasteiger partial charge on any atom is 0.226 e. The van der Waals surface area contributed by atoms with Gasteiger partial charge < -0.3 is 9.80 Å². The first-order chi connectivity index (χ1) is 9.61. The lowest BCUT2D eigenvalue weighted by Gasteiger charge is -2.25. The van der Waals surface area contributed by atoms with Gasteiger partial charge in [0, 0.05) is 44.9 Å². The molecule has 4 nitrogen and oxygen atoms in total. The van der Waals surface area contributed by atoms with Gasteiger partial charge in [-0.1, -0.05) is 25.0 Å². The van der Waals surface area contributed by atoms with Crippen LogP contribution in [-0.2, 0) is 9.59 Å². The molecule has 0 N–H and O–H groups in total. The van der Waals surface area contributed by atoms with Crippen molar-refractivity contribution in [3.63, 3.8) is 0 Å². The molecule has 2 rings (SSSR count). The zero-order valence-electron chi connectivity index (χ0n) is 12.7. The molecule has 0 aromatic carbocycles. The molecule has 0 aromatic heterocycles. The van der Waals surface area contributed by atoms with Gasteiger partial charge in [-0.2, -0.15) is 0 Å². The Morgan fingerprint density at radius 2 is 2.10 bits per heavy atom. The van der Waals surface area contributed by atoms with E-state index in [0.29, 0.717) is 31.3 Å². The fourth-order valence-electron chi connectivity index (χ4n) is 3.36. The first kappa shape index (κ1) is 15.1. The molecule has 0 aromatic rings. The van der Waals surface area contributed by atoms with Crippen LogP contribution < -0.4 is 0 Å². The van der Waals surface area contributed by atoms with Crippen LogP contribution in [0.25, 0.3) is 0 Å². The molecular formula is C16H26N2O2. The van der Waals surface area contributed by atoms with Crippen LogP contribution in [0, 0.1) is 5.92 Å². The molecule has 2 aliphatic rings. The Bertz CT molecular complexity index is 386. The zero-order chi connectivity index (χ0) is 14.5. The van der Waals surface area contributed by atoms with Crippen molar-refractivity contribution in [3.8, 4) is 0 Å². The highest BCUT2D eigenvalue weighted by Crippen LogP contribution is 2.29. The maximum absolute atomic E-state index is 12.1. The van der Waals surface area contributed by atoms with Gasteiger partial charge in [0.1, 0.15) is 0 Å². The third-order valence-electron chi connectivity index (χ3n) is 4.49. The van der Waals surface area contributed by atoms with Gasteiger partial charge in [-0.25, -0.2) is 0 Å². The maximum atomic E-state index is 12.1. The van der Waals surface area contributed by atoms with Gasteiger partial charge >= 0.3 is 0 Å². The third kappa shape index (κ3) is 3.62. The number of carbonyl (C=O) groups is 2. The number of nitrogens with zero attached hydrogens (tertiary/aromatic N) is 2. The predicted octanol–water partition coefficient (Wildman–Crippen LogP) is 2.20. The molecule has 20 heavy (non-hydrogen) atoms. The minimum atomic E-state index is 0.134. The molecule has 1 saturated carbocycles. The highest BCUT2D eigenvalue weighted by Gasteiger charge is 2.36. The number of hydrogen-bond donors (Lipinski definition) is 0. The molecule has 2 fully saturated rings. The number of allylic oxidation sites excluding steroid dienone is 1. The lowest BCUT2D eigenvalue weighted by atomic mass is 10.1. The Morgan fingerprint density at radius 1 is 1.40 bits per heavy atom. The number of likely N-dealkylation sites (tertiary alicyclic amines) is 1. The van der Waals surface area contributed by atoms with Crippen LogP contribution >= 0.6 is 0 Å². The van der Waals surface area contributed by atoms with E-state index in [4.69, 9.17) is 0 Å². The zero-order valence-corrected chi connectivity index (χ0v) is 12.7. The van der Waals surface area contributed by atoms with Crippen molar-refractivity contribution in [1.82, 2.24) is 9.80 Å². The molecule has 1 atom stereocenters. The summed E-state index contributed by atoms with van der Waals surface area (Å²) >= 11 is 0. The summed E-state index contributed by atoms with van der Waals surface area (Å²) in [6.07, 6.45) is 9.67. The van der Waals surface area contributed by atoms with Crippen LogP contribution in [0.5, 0.6) is 0 Å². The molecule has 0 spiro atoms. The van der Waals surface area contributed by atoms with Crippen LogP contribution in [-0.4, -0.2) is 47.8 Å². The number of carbonyl (C=O) groups excluding carboxylic acids is 2. The SMILES string of the molecule is C/C=C/CC(=O)N(C)CC1CC(=O)N(C2CCCC2)C1. The van der Waals surface area contributed by atoms with E-state index < -0.39 is 0 Å². The van der Waals surface area contributed by atoms with Gasteiger partial charge in [0.05, 0.1) is 0 Å². The molecule has 1 aliphatic heterocycles. The van der Waals surface area contributed by atoms with Crippen LogP contribution in [0.1, 0.15) is 45.4 Å². The lowest BCUT2D eigenvalue weighted by molar-refractivity contribution is -0.130. The van der Waals surface area contributed by atoms with Crippen LogP contribution in [0.4, 0.5) is 0 Å². The largest absolute Gasteiger partial charge is 0.345 e. The molecule has 0 bridgehead atoms. The molecule has 1 aliphatic carbocycles. The van der Waals surface area contributed by atoms with E-state index in [-0.39, 0.29) is 11.8 Å². The quantitative estimate of drug-likeness (QED) is 0.723. The van der Waals surface area contributed by atoms with Gasteiger partial charge in [0.15, 0.2) is 0 Å². The summed E-state index contributed by atoms with van der Waals surface area (Å²) in [7, 11) is 1.84. The number of rotatable bonds is 5. The summed E-state index contributed by atoms with van der Waals surface area (Å²) in [5, 5.41) is 0. The van der Waals surface area contributed by atoms with Gasteiger partial charge in [0.25, 0.3) is 0 Å². The summed E-state index contributed by atoms with van der Waals surface area (Å²) in [5.41, 5.74) is 0. The molecular weight excluding hydrogens is 252 g/mol. The van der Waals surface area contributed by atoms with Gasteiger partial charge in [-0.05, 0) is 19.8 Å². The summed E-state index contributed by atoms with van der Waals surface area (Å²) in [5.74, 6) is 0.730. The molecule has 2 amide bonds. The average Bonchev–Trinajstić information content (AvgIpc) is 3.05. The van der Waals surface area contributed by atoms with Crippen molar-refractivity contribution < 1.29 is 9.59 Å². The first-order valence-electron chi connectivity index (χ1n) is 7.76. The Hall–Kier alpha value is -1.32. The average molecular weight is 278 g/mol. The van der Waals surface area contributed by atoms with E-state index in [1.807, 2.05) is 26.1 Å². The van der Waals surface area contributed by atoms with Crippen molar-refractivity contribution in [2.45, 2.75) is 51.5 Å². The summed E-state index contributed by atoms with van der Waals surface area (Å²) < 4.78 is 0. The minimum Gasteiger partial charge on any atom is -0.345 e. The second-order valence-corrected chi connectivity index (χ2v) is 6.10. The smallest absolute Gasteiger partial charge is 0.226 e. The van der Waals surface area contributed by atoms with Gasteiger partial charge in [0.2, 0.25) is 11.8 Å². The normalized spacial score (nSPS) is 24.0. The Balaban J connectivity index is 1.82. The van der Waals surface area contributed by atoms with E-state index in [0.717, 1.165) is 19.4 Å². The van der Waals surface area contributed by atoms with Gasteiger partial charge in [-0.3, -0.25) is 9.59 Å². The van der Waals surface area contributed by atoms with Crippen molar-refractivity contribution in [1.29, 1.82) is 0 Å². The molecule has 1 unspecified atom stereocenters. The fraction of sp³-hybridized carbons (Fsp3) is 0.750. The standard InChI is InChI=1S/C16H26N2O2/c1-3-4-9-15(19)17(2)11-13-10-16(20)18(12-13)14-7-5-6-8-14/h3-4,13-14H,5-12H2,1-2H3/b4-3+. The fourth-order valence-corrected chi connectivity index (χ4v) is 3.36. The number of amides is 2. The predicted molar refractivity (Wildman–Crippen MR) is 79.1 cm³/mol. The topological polar surface area (TPSA) is 40.6 Å². The van der Waals surface area contributed by atoms with Crippen molar-refractivity contribution >= 4 is 11.8 Å². The highest BCUT2D eigenvalue weighted by molar-refractivity contribution is 5.80. The molecule has 0 radical (unpaired) electrons. The second-order valence-electron chi connectivity index (χ2n) is 6.10. The highest BCUT2D eigenvalue weighted by atomic mass is 16.2. The monoisotopic (exact) mass is 278 g/mol. The van der Waals surface area contributed by atoms with Crippen molar-refractivity contribution in [3.05, 3.63) is 12.2 Å². The second kappa shape index (κ2) is 6.91. The van der Waals surface area contributed by atoms with Crippen LogP contribution in [0.2, 0.25) is 0 Å². The number of hydrogen-bond acceptors (Lipinski definition) is 2. The van der Waals surface area contributed by atoms with Crippen molar-refractivity contribution in [2.75, 3.05) is 20.1 Å². The minimum absolute atomic E-state index is 0.134. The van der Waals surface area contributed by atoms with Crippen LogP contribution in [0.15, 0.2) is 12.2 Å². The van der Waals surface area contributed by atoms with E-state index >= 15 is 0 Å². The molecule has 1 heterocycles. The Labute approximate surface area is 121 Å². The van der Waals surface area contributed by atoms with E-state index in [2.05, 4.69) is 4.90 Å². The van der Waals surface area contributed by atoms with Crippen LogP contribution in [0.3, 0.4) is 0 Å². The Kier molecular flexibility index (Phi) is 5.21. The summed E-state index contributed by atoms with van der Waals surface area (Å²) in [6.45, 7) is 3.46. The van der Waals surface area contributed by atoms with E-state index in [1.165, 1.54) is 12.8 Å². The van der Waals surface area contributed by atoms with Gasteiger partial charge in [-0.15, -0.1) is 0 Å². The Morgan fingerprint density at radius 3 is 2.75 bits per heavy atom. The summed E-state index contributed by atoms with van der Waals surface area (Å²) in [4.78, 5) is 27.8. The summed E-state index contributed by atoms with van der Waals surface area (Å²) in [6, 6.07) is 0.469. The molecule has 4 heteroatoms. The van der Waals surface area contributed by atoms with E-state index in [9.17, 15) is 9.59 Å². The molecule has 112 valence electrons. The third-order valence-corrected chi connectivity index (χ3v) is 4.49. The lowest BCUT2D eigenvalue weighted by Crippen LogP contribution is -2.36. The molecule has 1 saturated heterocycles. The van der Waals surface area contributed by atoms with Crippen molar-refractivity contribution in [2.24, 2.45) is 5.92 Å². The van der Waals surface area contributed by atoms with E-state index in [1.54, 1.807) is 4.90 Å². The first-order valence-corrected chi connectivity index (χ1v) is 7.76.